The first-order valence-electron chi connectivity index (χ1n) is 6.06. The van der Waals surface area contributed by atoms with E-state index >= 15 is 0 Å². The Hall–Kier alpha value is -0.350. The molecule has 17 heavy (non-hydrogen) atoms. The molecule has 0 fully saturated rings. The summed E-state index contributed by atoms with van der Waals surface area (Å²) in [5.74, 6) is 1.70. The van der Waals surface area contributed by atoms with Crippen molar-refractivity contribution in [1.82, 2.24) is 9.36 Å². The molecule has 0 aliphatic carbocycles. The minimum Gasteiger partial charge on any atom is -0.350 e. The Morgan fingerprint density at radius 1 is 1.24 bits per heavy atom. The van der Waals surface area contributed by atoms with Crippen molar-refractivity contribution >= 4 is 28.3 Å². The van der Waals surface area contributed by atoms with Gasteiger partial charge in [0.2, 0.25) is 5.13 Å². The number of anilines is 1. The number of unbranched alkanes of at least 4 members (excludes halogenated alkanes) is 2. The maximum Gasteiger partial charge on any atom is 0.204 e. The summed E-state index contributed by atoms with van der Waals surface area (Å²) in [6.07, 6.45) is 3.44. The van der Waals surface area contributed by atoms with Gasteiger partial charge in [0.25, 0.3) is 0 Å². The number of hydrogen-bond donors (Lipinski definition) is 0. The molecule has 0 atom stereocenters. The van der Waals surface area contributed by atoms with Crippen LogP contribution in [0.25, 0.3) is 0 Å². The number of rotatable bonds is 6. The monoisotopic (exact) mass is 275 g/mol. The van der Waals surface area contributed by atoms with Crippen LogP contribution in [0.3, 0.4) is 0 Å². The van der Waals surface area contributed by atoms with Crippen LogP contribution in [-0.4, -0.2) is 28.8 Å². The molecule has 0 radical (unpaired) electrons. The first kappa shape index (κ1) is 14.7. The van der Waals surface area contributed by atoms with Gasteiger partial charge in [-0.05, 0) is 12.8 Å². The fourth-order valence-electron chi connectivity index (χ4n) is 1.39. The predicted molar refractivity (Wildman–Crippen MR) is 76.5 cm³/mol. The topological polar surface area (TPSA) is 29.0 Å². The molecule has 0 saturated heterocycles. The largest absolute Gasteiger partial charge is 0.350 e. The molecule has 0 amide bonds. The zero-order chi connectivity index (χ0) is 12.9. The van der Waals surface area contributed by atoms with Gasteiger partial charge >= 0.3 is 0 Å². The minimum absolute atomic E-state index is 0.0359. The van der Waals surface area contributed by atoms with Gasteiger partial charge < -0.3 is 4.90 Å². The molecule has 0 aliphatic heterocycles. The SMILES string of the molecule is CN(CCCCCCl)c1nc(C(C)(C)C)ns1. The molecule has 1 aromatic heterocycles. The third kappa shape index (κ3) is 4.80. The van der Waals surface area contributed by atoms with E-state index in [0.717, 1.165) is 36.2 Å². The van der Waals surface area contributed by atoms with Crippen LogP contribution in [0, 0.1) is 0 Å². The molecule has 0 saturated carbocycles. The summed E-state index contributed by atoms with van der Waals surface area (Å²) in [4.78, 5) is 6.77. The zero-order valence-corrected chi connectivity index (χ0v) is 12.7. The van der Waals surface area contributed by atoms with Crippen molar-refractivity contribution in [2.75, 3.05) is 24.4 Å². The van der Waals surface area contributed by atoms with Crippen molar-refractivity contribution in [3.63, 3.8) is 0 Å². The second-order valence-corrected chi connectivity index (χ2v) is 6.43. The quantitative estimate of drug-likeness (QED) is 0.586. The van der Waals surface area contributed by atoms with E-state index < -0.39 is 0 Å². The highest BCUT2D eigenvalue weighted by Gasteiger charge is 2.20. The first-order chi connectivity index (χ1) is 7.95. The zero-order valence-electron chi connectivity index (χ0n) is 11.2. The number of aromatic nitrogens is 2. The van der Waals surface area contributed by atoms with Crippen molar-refractivity contribution in [2.45, 2.75) is 45.4 Å². The Labute approximate surface area is 113 Å². The lowest BCUT2D eigenvalue weighted by Crippen LogP contribution is -2.19. The van der Waals surface area contributed by atoms with Gasteiger partial charge in [-0.15, -0.1) is 11.6 Å². The minimum atomic E-state index is 0.0359. The van der Waals surface area contributed by atoms with E-state index in [4.69, 9.17) is 11.6 Å². The lowest BCUT2D eigenvalue weighted by molar-refractivity contribution is 0.554. The Bertz CT molecular complexity index is 333. The molecule has 0 bridgehead atoms. The van der Waals surface area contributed by atoms with E-state index in [1.807, 2.05) is 0 Å². The average Bonchev–Trinajstić information content (AvgIpc) is 2.72. The predicted octanol–water partition coefficient (Wildman–Crippen LogP) is 3.68. The van der Waals surface area contributed by atoms with Crippen LogP contribution in [0.5, 0.6) is 0 Å². The Kier molecular flexibility index (Phi) is 5.67. The van der Waals surface area contributed by atoms with Gasteiger partial charge in [-0.1, -0.05) is 27.2 Å². The molecule has 3 nitrogen and oxygen atoms in total. The van der Waals surface area contributed by atoms with E-state index in [-0.39, 0.29) is 5.41 Å². The van der Waals surface area contributed by atoms with Gasteiger partial charge in [-0.2, -0.15) is 4.37 Å². The third-order valence-corrected chi connectivity index (χ3v) is 3.64. The van der Waals surface area contributed by atoms with E-state index in [1.54, 1.807) is 0 Å². The maximum absolute atomic E-state index is 5.65. The van der Waals surface area contributed by atoms with Crippen LogP contribution in [0.4, 0.5) is 5.13 Å². The van der Waals surface area contributed by atoms with Crippen LogP contribution in [-0.2, 0) is 5.41 Å². The molecular weight excluding hydrogens is 254 g/mol. The van der Waals surface area contributed by atoms with Crippen molar-refractivity contribution < 1.29 is 0 Å². The van der Waals surface area contributed by atoms with Gasteiger partial charge in [0.15, 0.2) is 0 Å². The summed E-state index contributed by atoms with van der Waals surface area (Å²) in [7, 11) is 2.08. The van der Waals surface area contributed by atoms with Crippen LogP contribution in [0.1, 0.15) is 45.9 Å². The fourth-order valence-corrected chi connectivity index (χ4v) is 2.42. The molecule has 0 spiro atoms. The molecule has 1 aromatic rings. The van der Waals surface area contributed by atoms with Crippen molar-refractivity contribution in [3.8, 4) is 0 Å². The fraction of sp³-hybridized carbons (Fsp3) is 0.833. The highest BCUT2D eigenvalue weighted by atomic mass is 35.5. The molecule has 1 heterocycles. The molecule has 0 unspecified atom stereocenters. The normalized spacial score (nSPS) is 11.8. The van der Waals surface area contributed by atoms with E-state index in [1.165, 1.54) is 18.0 Å². The highest BCUT2D eigenvalue weighted by Crippen LogP contribution is 2.24. The Morgan fingerprint density at radius 3 is 2.47 bits per heavy atom. The second kappa shape index (κ2) is 6.55. The average molecular weight is 276 g/mol. The first-order valence-corrected chi connectivity index (χ1v) is 7.37. The molecule has 0 aliphatic rings. The van der Waals surface area contributed by atoms with Crippen molar-refractivity contribution in [2.24, 2.45) is 0 Å². The molecule has 0 N–H and O–H groups in total. The van der Waals surface area contributed by atoms with E-state index in [9.17, 15) is 0 Å². The highest BCUT2D eigenvalue weighted by molar-refractivity contribution is 7.09. The molecule has 0 aromatic carbocycles. The summed E-state index contributed by atoms with van der Waals surface area (Å²) in [6.45, 7) is 7.44. The van der Waals surface area contributed by atoms with Gasteiger partial charge in [-0.3, -0.25) is 0 Å². The molecule has 5 heteroatoms. The van der Waals surface area contributed by atoms with E-state index in [0.29, 0.717) is 0 Å². The Balaban J connectivity index is 2.47. The number of nitrogens with zero attached hydrogens (tertiary/aromatic N) is 3. The van der Waals surface area contributed by atoms with Gasteiger partial charge in [0, 0.05) is 36.4 Å². The van der Waals surface area contributed by atoms with E-state index in [2.05, 4.69) is 42.1 Å². The van der Waals surface area contributed by atoms with Crippen LogP contribution >= 0.6 is 23.1 Å². The van der Waals surface area contributed by atoms with Crippen LogP contribution in [0.15, 0.2) is 0 Å². The van der Waals surface area contributed by atoms with Gasteiger partial charge in [-0.25, -0.2) is 4.98 Å². The van der Waals surface area contributed by atoms with Crippen molar-refractivity contribution in [3.05, 3.63) is 5.82 Å². The number of halogens is 1. The Morgan fingerprint density at radius 2 is 1.94 bits per heavy atom. The summed E-state index contributed by atoms with van der Waals surface area (Å²) in [6, 6.07) is 0. The molecular formula is C12H22ClN3S. The van der Waals surface area contributed by atoms with Crippen LogP contribution < -0.4 is 4.90 Å². The number of alkyl halides is 1. The summed E-state index contributed by atoms with van der Waals surface area (Å²) >= 11 is 7.14. The maximum atomic E-state index is 5.65. The van der Waals surface area contributed by atoms with Gasteiger partial charge in [0.05, 0.1) is 0 Å². The smallest absolute Gasteiger partial charge is 0.204 e. The summed E-state index contributed by atoms with van der Waals surface area (Å²) in [5.41, 5.74) is 0.0359. The third-order valence-electron chi connectivity index (χ3n) is 2.54. The lowest BCUT2D eigenvalue weighted by Gasteiger charge is -2.15. The lowest BCUT2D eigenvalue weighted by atomic mass is 9.96. The standard InChI is InChI=1S/C12H22ClN3S/c1-12(2,3)10-14-11(17-15-10)16(4)9-7-5-6-8-13/h5-9H2,1-4H3. The second-order valence-electron chi connectivity index (χ2n) is 5.32. The molecule has 98 valence electrons. The summed E-state index contributed by atoms with van der Waals surface area (Å²) < 4.78 is 4.42. The van der Waals surface area contributed by atoms with Crippen LogP contribution in [0.2, 0.25) is 0 Å². The molecule has 1 rings (SSSR count). The summed E-state index contributed by atoms with van der Waals surface area (Å²) in [5, 5.41) is 1.01. The number of hydrogen-bond acceptors (Lipinski definition) is 4. The van der Waals surface area contributed by atoms with Gasteiger partial charge in [0.1, 0.15) is 5.82 Å². The van der Waals surface area contributed by atoms with Crippen molar-refractivity contribution in [1.29, 1.82) is 0 Å².